The molecule has 0 spiro atoms. The van der Waals surface area contributed by atoms with Crippen LogP contribution in [0.15, 0.2) is 48.5 Å². The van der Waals surface area contributed by atoms with Gasteiger partial charge >= 0.3 is 6.03 Å². The normalized spacial score (nSPS) is 11.7. The number of hydrogen-bond donors (Lipinski definition) is 3. The molecule has 0 radical (unpaired) electrons. The van der Waals surface area contributed by atoms with E-state index in [1.165, 1.54) is 0 Å². The van der Waals surface area contributed by atoms with Crippen molar-refractivity contribution >= 4 is 23.5 Å². The molecule has 0 aliphatic heterocycles. The lowest BCUT2D eigenvalue weighted by atomic mass is 10.1. The molecule has 0 fully saturated rings. The Bertz CT molecular complexity index is 743. The number of urea groups is 1. The van der Waals surface area contributed by atoms with Crippen LogP contribution in [0.3, 0.4) is 0 Å². The van der Waals surface area contributed by atoms with E-state index in [1.54, 1.807) is 24.3 Å². The second-order valence-corrected chi connectivity index (χ2v) is 6.86. The maximum atomic E-state index is 12.4. The zero-order valence-corrected chi connectivity index (χ0v) is 15.9. The average Bonchev–Trinajstić information content (AvgIpc) is 2.60. The van der Waals surface area contributed by atoms with Crippen molar-refractivity contribution in [3.05, 3.63) is 70.2 Å². The van der Waals surface area contributed by atoms with E-state index in [2.05, 4.69) is 16.0 Å². The van der Waals surface area contributed by atoms with Crippen molar-refractivity contribution in [3.8, 4) is 0 Å². The van der Waals surface area contributed by atoms with E-state index in [4.69, 9.17) is 11.6 Å². The van der Waals surface area contributed by atoms with Gasteiger partial charge < -0.3 is 16.0 Å². The van der Waals surface area contributed by atoms with Gasteiger partial charge in [-0.05, 0) is 56.2 Å². The highest BCUT2D eigenvalue weighted by Crippen LogP contribution is 2.16. The lowest BCUT2D eigenvalue weighted by Gasteiger charge is -2.15. The molecule has 0 aliphatic rings. The molecule has 2 rings (SSSR count). The van der Waals surface area contributed by atoms with Crippen molar-refractivity contribution in [2.24, 2.45) is 0 Å². The zero-order chi connectivity index (χ0) is 19.1. The molecule has 3 amide bonds. The first-order valence-corrected chi connectivity index (χ1v) is 8.92. The Morgan fingerprint density at radius 1 is 0.923 bits per heavy atom. The van der Waals surface area contributed by atoms with Gasteiger partial charge in [0.15, 0.2) is 0 Å². The summed E-state index contributed by atoms with van der Waals surface area (Å²) in [6.45, 7) is 6.13. The number of amides is 3. The minimum Gasteiger partial charge on any atom is -0.346 e. The summed E-state index contributed by atoms with van der Waals surface area (Å²) in [6.07, 6.45) is 0. The van der Waals surface area contributed by atoms with E-state index in [-0.39, 0.29) is 24.0 Å². The van der Waals surface area contributed by atoms with E-state index >= 15 is 0 Å². The number of nitrogens with one attached hydrogen (secondary N) is 3. The number of rotatable bonds is 6. The Morgan fingerprint density at radius 3 is 2.12 bits per heavy atom. The molecule has 138 valence electrons. The van der Waals surface area contributed by atoms with Gasteiger partial charge in [-0.2, -0.15) is 0 Å². The van der Waals surface area contributed by atoms with Crippen LogP contribution in [-0.2, 0) is 6.54 Å². The van der Waals surface area contributed by atoms with Crippen LogP contribution in [0, 0.1) is 0 Å². The molecule has 0 saturated carbocycles. The number of carbonyl (C=O) groups is 2. The lowest BCUT2D eigenvalue weighted by Crippen LogP contribution is -2.39. The first kappa shape index (κ1) is 19.8. The Kier molecular flexibility index (Phi) is 7.04. The fraction of sp³-hybridized carbons (Fsp3) is 0.300. The van der Waals surface area contributed by atoms with Crippen LogP contribution in [0.5, 0.6) is 0 Å². The van der Waals surface area contributed by atoms with Crippen LogP contribution in [-0.4, -0.2) is 18.0 Å². The molecule has 0 aromatic heterocycles. The maximum Gasteiger partial charge on any atom is 0.315 e. The summed E-state index contributed by atoms with van der Waals surface area (Å²) in [7, 11) is 0. The number of hydrogen-bond acceptors (Lipinski definition) is 2. The molecule has 0 unspecified atom stereocenters. The van der Waals surface area contributed by atoms with Gasteiger partial charge in [0.05, 0.1) is 6.04 Å². The number of benzene rings is 2. The summed E-state index contributed by atoms with van der Waals surface area (Å²) >= 11 is 5.89. The quantitative estimate of drug-likeness (QED) is 0.715. The Morgan fingerprint density at radius 2 is 1.54 bits per heavy atom. The van der Waals surface area contributed by atoms with Crippen molar-refractivity contribution < 1.29 is 9.59 Å². The molecule has 0 saturated heterocycles. The van der Waals surface area contributed by atoms with Gasteiger partial charge in [0, 0.05) is 23.2 Å². The van der Waals surface area contributed by atoms with Crippen molar-refractivity contribution in [1.82, 2.24) is 16.0 Å². The van der Waals surface area contributed by atoms with Crippen LogP contribution in [0.25, 0.3) is 0 Å². The first-order chi connectivity index (χ1) is 12.3. The van der Waals surface area contributed by atoms with Crippen molar-refractivity contribution in [2.75, 3.05) is 0 Å². The van der Waals surface area contributed by atoms with Crippen molar-refractivity contribution in [1.29, 1.82) is 0 Å². The molecule has 3 N–H and O–H groups in total. The fourth-order valence-corrected chi connectivity index (χ4v) is 2.51. The molecule has 0 heterocycles. The minimum absolute atomic E-state index is 0.0868. The molecular weight excluding hydrogens is 350 g/mol. The lowest BCUT2D eigenvalue weighted by molar-refractivity contribution is 0.0940. The Labute approximate surface area is 159 Å². The van der Waals surface area contributed by atoms with Crippen LogP contribution >= 0.6 is 11.6 Å². The van der Waals surface area contributed by atoms with E-state index < -0.39 is 0 Å². The van der Waals surface area contributed by atoms with Gasteiger partial charge in [0.25, 0.3) is 5.91 Å². The maximum absolute atomic E-state index is 12.4. The van der Waals surface area contributed by atoms with Crippen LogP contribution in [0.4, 0.5) is 4.79 Å². The molecule has 6 heteroatoms. The van der Waals surface area contributed by atoms with Gasteiger partial charge in [-0.25, -0.2) is 4.79 Å². The van der Waals surface area contributed by atoms with E-state index in [1.807, 2.05) is 45.0 Å². The first-order valence-electron chi connectivity index (χ1n) is 8.55. The average molecular weight is 374 g/mol. The molecule has 0 aliphatic carbocycles. The topological polar surface area (TPSA) is 70.2 Å². The minimum atomic E-state index is -0.210. The SMILES string of the molecule is CC(C)NC(=O)NCc1ccc(C(=O)N[C@H](C)c2ccc(Cl)cc2)cc1. The van der Waals surface area contributed by atoms with Crippen molar-refractivity contribution in [3.63, 3.8) is 0 Å². The molecule has 1 atom stereocenters. The molecule has 2 aromatic rings. The second kappa shape index (κ2) is 9.25. The van der Waals surface area contributed by atoms with Gasteiger partial charge in [0.1, 0.15) is 0 Å². The third-order valence-corrected chi connectivity index (χ3v) is 4.06. The monoisotopic (exact) mass is 373 g/mol. The number of halogens is 1. The van der Waals surface area contributed by atoms with Gasteiger partial charge in [-0.3, -0.25) is 4.79 Å². The predicted molar refractivity (Wildman–Crippen MR) is 104 cm³/mol. The summed E-state index contributed by atoms with van der Waals surface area (Å²) in [5.41, 5.74) is 2.48. The smallest absolute Gasteiger partial charge is 0.315 e. The van der Waals surface area contributed by atoms with Crippen LogP contribution in [0.2, 0.25) is 5.02 Å². The van der Waals surface area contributed by atoms with Crippen molar-refractivity contribution in [2.45, 2.75) is 39.4 Å². The highest BCUT2D eigenvalue weighted by molar-refractivity contribution is 6.30. The van der Waals surface area contributed by atoms with E-state index in [0.717, 1.165) is 11.1 Å². The second-order valence-electron chi connectivity index (χ2n) is 6.43. The van der Waals surface area contributed by atoms with E-state index in [0.29, 0.717) is 17.1 Å². The molecule has 2 aromatic carbocycles. The Hall–Kier alpha value is -2.53. The molecular formula is C20H24ClN3O2. The highest BCUT2D eigenvalue weighted by atomic mass is 35.5. The van der Waals surface area contributed by atoms with Gasteiger partial charge in [-0.1, -0.05) is 35.9 Å². The third-order valence-electron chi connectivity index (χ3n) is 3.81. The zero-order valence-electron chi connectivity index (χ0n) is 15.2. The molecule has 5 nitrogen and oxygen atoms in total. The standard InChI is InChI=1S/C20H24ClN3O2/c1-13(2)23-20(26)22-12-15-4-6-17(7-5-15)19(25)24-14(3)16-8-10-18(21)11-9-16/h4-11,13-14H,12H2,1-3H3,(H,24,25)(H2,22,23,26)/t14-/m1/s1. The van der Waals surface area contributed by atoms with E-state index in [9.17, 15) is 9.59 Å². The summed E-state index contributed by atoms with van der Waals surface area (Å²) in [6, 6.07) is 14.3. The third kappa shape index (κ3) is 6.08. The summed E-state index contributed by atoms with van der Waals surface area (Å²) in [5.74, 6) is -0.149. The van der Waals surface area contributed by atoms with Crippen LogP contribution < -0.4 is 16.0 Å². The Balaban J connectivity index is 1.89. The summed E-state index contributed by atoms with van der Waals surface area (Å²) < 4.78 is 0. The molecule has 0 bridgehead atoms. The number of carbonyl (C=O) groups excluding carboxylic acids is 2. The van der Waals surface area contributed by atoms with Gasteiger partial charge in [-0.15, -0.1) is 0 Å². The van der Waals surface area contributed by atoms with Crippen LogP contribution in [0.1, 0.15) is 48.3 Å². The fourth-order valence-electron chi connectivity index (χ4n) is 2.38. The van der Waals surface area contributed by atoms with Gasteiger partial charge in [0.2, 0.25) is 0 Å². The summed E-state index contributed by atoms with van der Waals surface area (Å²) in [5, 5.41) is 9.16. The molecule has 26 heavy (non-hydrogen) atoms. The highest BCUT2D eigenvalue weighted by Gasteiger charge is 2.11. The largest absolute Gasteiger partial charge is 0.346 e. The summed E-state index contributed by atoms with van der Waals surface area (Å²) in [4.78, 5) is 24.0. The predicted octanol–water partition coefficient (Wildman–Crippen LogP) is 4.04.